The molecule has 130 valence electrons. The third-order valence-corrected chi connectivity index (χ3v) is 4.30. The van der Waals surface area contributed by atoms with Crippen LogP contribution in [0.3, 0.4) is 0 Å². The molecule has 0 saturated carbocycles. The van der Waals surface area contributed by atoms with Crippen LogP contribution < -0.4 is 5.73 Å². The molecular weight excluding hydrogens is 328 g/mol. The number of hydrogen-bond donors (Lipinski definition) is 1. The van der Waals surface area contributed by atoms with Gasteiger partial charge in [-0.25, -0.2) is 4.79 Å². The number of allylic oxidation sites excluding steroid dienone is 2. The number of carbonyl (C=O) groups excluding carboxylic acids is 2. The molecule has 0 saturated heterocycles. The third kappa shape index (κ3) is 2.86. The molecule has 0 aromatic heterocycles. The van der Waals surface area contributed by atoms with Crippen molar-refractivity contribution in [2.45, 2.75) is 25.2 Å². The summed E-state index contributed by atoms with van der Waals surface area (Å²) in [5.41, 5.74) is 6.49. The average Bonchev–Trinajstić information content (AvgIpc) is 2.60. The van der Waals surface area contributed by atoms with Crippen LogP contribution in [0.1, 0.15) is 30.7 Å². The largest absolute Gasteiger partial charge is 0.465 e. The first-order valence-corrected chi connectivity index (χ1v) is 7.70. The monoisotopic (exact) mass is 344 g/mol. The second-order valence-corrected chi connectivity index (χ2v) is 5.77. The zero-order chi connectivity index (χ0) is 18.1. The van der Waals surface area contributed by atoms with E-state index in [4.69, 9.17) is 15.2 Å². The van der Waals surface area contributed by atoms with E-state index in [1.54, 1.807) is 6.07 Å². The number of non-ortho nitro benzene ring substituents is 1. The van der Waals surface area contributed by atoms with Gasteiger partial charge in [0.25, 0.3) is 5.69 Å². The maximum atomic E-state index is 12.5. The summed E-state index contributed by atoms with van der Waals surface area (Å²) in [6, 6.07) is 5.79. The highest BCUT2D eigenvalue weighted by Crippen LogP contribution is 2.44. The highest BCUT2D eigenvalue weighted by atomic mass is 16.6. The van der Waals surface area contributed by atoms with E-state index < -0.39 is 16.8 Å². The minimum atomic E-state index is -0.844. The van der Waals surface area contributed by atoms with Gasteiger partial charge in [0.1, 0.15) is 11.3 Å². The van der Waals surface area contributed by atoms with Crippen LogP contribution in [-0.4, -0.2) is 23.8 Å². The molecule has 1 unspecified atom stereocenters. The summed E-state index contributed by atoms with van der Waals surface area (Å²) in [5, 5.41) is 11.1. The van der Waals surface area contributed by atoms with Gasteiger partial charge < -0.3 is 15.2 Å². The van der Waals surface area contributed by atoms with Crippen LogP contribution in [0.15, 0.2) is 47.1 Å². The number of nitro groups is 1. The number of methoxy groups -OCH3 is 1. The maximum Gasteiger partial charge on any atom is 0.340 e. The van der Waals surface area contributed by atoms with Crippen molar-refractivity contribution < 1.29 is 24.0 Å². The third-order valence-electron chi connectivity index (χ3n) is 4.30. The first kappa shape index (κ1) is 16.7. The molecule has 3 rings (SSSR count). The average molecular weight is 344 g/mol. The number of nitrogens with two attached hydrogens (primary N) is 1. The Morgan fingerprint density at radius 3 is 2.84 bits per heavy atom. The number of hydrogen-bond acceptors (Lipinski definition) is 7. The van der Waals surface area contributed by atoms with Crippen LogP contribution in [0.5, 0.6) is 0 Å². The van der Waals surface area contributed by atoms with Crippen LogP contribution in [0, 0.1) is 10.1 Å². The number of ketones is 1. The summed E-state index contributed by atoms with van der Waals surface area (Å²) >= 11 is 0. The van der Waals surface area contributed by atoms with Gasteiger partial charge in [0.15, 0.2) is 5.78 Å². The van der Waals surface area contributed by atoms with Crippen molar-refractivity contribution in [3.63, 3.8) is 0 Å². The molecule has 1 aliphatic carbocycles. The quantitative estimate of drug-likeness (QED) is 0.506. The lowest BCUT2D eigenvalue weighted by Gasteiger charge is -2.32. The Balaban J connectivity index is 2.21. The minimum Gasteiger partial charge on any atom is -0.465 e. The van der Waals surface area contributed by atoms with E-state index >= 15 is 0 Å². The second-order valence-electron chi connectivity index (χ2n) is 5.77. The van der Waals surface area contributed by atoms with E-state index in [1.165, 1.54) is 25.3 Å². The van der Waals surface area contributed by atoms with Gasteiger partial charge in [0.05, 0.1) is 18.0 Å². The van der Waals surface area contributed by atoms with Gasteiger partial charge in [-0.2, -0.15) is 0 Å². The molecule has 2 aliphatic rings. The summed E-state index contributed by atoms with van der Waals surface area (Å²) < 4.78 is 10.3. The predicted octanol–water partition coefficient (Wildman–Crippen LogP) is 2.06. The number of ether oxygens (including phenoxy) is 2. The normalized spacial score (nSPS) is 20.0. The van der Waals surface area contributed by atoms with Crippen molar-refractivity contribution in [2.75, 3.05) is 7.11 Å². The van der Waals surface area contributed by atoms with E-state index in [1.807, 2.05) is 0 Å². The summed E-state index contributed by atoms with van der Waals surface area (Å²) in [4.78, 5) is 35.3. The van der Waals surface area contributed by atoms with Crippen molar-refractivity contribution in [1.82, 2.24) is 0 Å². The fourth-order valence-corrected chi connectivity index (χ4v) is 3.22. The van der Waals surface area contributed by atoms with Crippen molar-refractivity contribution in [3.8, 4) is 0 Å². The van der Waals surface area contributed by atoms with Crippen LogP contribution in [0.2, 0.25) is 0 Å². The Morgan fingerprint density at radius 1 is 1.40 bits per heavy atom. The van der Waals surface area contributed by atoms with Crippen LogP contribution in [0.4, 0.5) is 5.69 Å². The summed E-state index contributed by atoms with van der Waals surface area (Å²) in [6.07, 6.45) is 1.46. The Morgan fingerprint density at radius 2 is 2.16 bits per heavy atom. The predicted molar refractivity (Wildman–Crippen MR) is 86.0 cm³/mol. The Hall–Kier alpha value is -3.16. The lowest BCUT2D eigenvalue weighted by Crippen LogP contribution is -2.31. The van der Waals surface area contributed by atoms with E-state index in [2.05, 4.69) is 0 Å². The second kappa shape index (κ2) is 6.39. The van der Waals surface area contributed by atoms with E-state index in [0.29, 0.717) is 36.2 Å². The molecule has 0 radical (unpaired) electrons. The first-order chi connectivity index (χ1) is 11.9. The zero-order valence-electron chi connectivity index (χ0n) is 13.5. The van der Waals surface area contributed by atoms with Crippen molar-refractivity contribution in [3.05, 3.63) is 62.7 Å². The number of benzene rings is 1. The molecule has 1 aromatic carbocycles. The summed E-state index contributed by atoms with van der Waals surface area (Å²) in [6.45, 7) is 0. The number of carbonyl (C=O) groups is 2. The van der Waals surface area contributed by atoms with Gasteiger partial charge in [0, 0.05) is 30.5 Å². The smallest absolute Gasteiger partial charge is 0.340 e. The number of nitro benzene ring substituents is 1. The summed E-state index contributed by atoms with van der Waals surface area (Å²) in [5.74, 6) is -1.47. The minimum absolute atomic E-state index is 0.0167. The van der Waals surface area contributed by atoms with Gasteiger partial charge in [0.2, 0.25) is 5.88 Å². The van der Waals surface area contributed by atoms with Gasteiger partial charge in [-0.3, -0.25) is 14.9 Å². The molecule has 0 spiro atoms. The SMILES string of the molecule is COC(=O)C1=C(N)OC2=C(C(=O)CCC2)C1c1cccc([N+](=O)[O-])c1. The van der Waals surface area contributed by atoms with Crippen LogP contribution >= 0.6 is 0 Å². The van der Waals surface area contributed by atoms with Crippen LogP contribution in [-0.2, 0) is 19.1 Å². The van der Waals surface area contributed by atoms with E-state index in [-0.39, 0.29) is 22.9 Å². The lowest BCUT2D eigenvalue weighted by molar-refractivity contribution is -0.384. The fourth-order valence-electron chi connectivity index (χ4n) is 3.22. The molecule has 1 atom stereocenters. The first-order valence-electron chi connectivity index (χ1n) is 7.70. The standard InChI is InChI=1S/C17H16N2O6/c1-24-17(21)15-13(9-4-2-5-10(8-9)19(22)23)14-11(20)6-3-7-12(14)25-16(15)18/h2,4-5,8,13H,3,6-7,18H2,1H3. The van der Waals surface area contributed by atoms with Crippen molar-refractivity contribution >= 4 is 17.4 Å². The van der Waals surface area contributed by atoms with Gasteiger partial charge in [-0.05, 0) is 12.0 Å². The van der Waals surface area contributed by atoms with Gasteiger partial charge in [-0.1, -0.05) is 12.1 Å². The van der Waals surface area contributed by atoms with Crippen molar-refractivity contribution in [1.29, 1.82) is 0 Å². The number of esters is 1. The summed E-state index contributed by atoms with van der Waals surface area (Å²) in [7, 11) is 1.19. The Kier molecular flexibility index (Phi) is 4.26. The van der Waals surface area contributed by atoms with E-state index in [9.17, 15) is 19.7 Å². The molecule has 8 nitrogen and oxygen atoms in total. The zero-order valence-corrected chi connectivity index (χ0v) is 13.5. The number of rotatable bonds is 3. The number of nitrogens with zero attached hydrogens (tertiary/aromatic N) is 1. The molecule has 8 heteroatoms. The molecule has 1 heterocycles. The maximum absolute atomic E-state index is 12.5. The topological polar surface area (TPSA) is 122 Å². The van der Waals surface area contributed by atoms with Gasteiger partial charge in [-0.15, -0.1) is 0 Å². The molecule has 2 N–H and O–H groups in total. The molecular formula is C17H16N2O6. The highest BCUT2D eigenvalue weighted by molar-refractivity contribution is 6.03. The van der Waals surface area contributed by atoms with Crippen LogP contribution in [0.25, 0.3) is 0 Å². The fraction of sp³-hybridized carbons (Fsp3) is 0.294. The van der Waals surface area contributed by atoms with Gasteiger partial charge >= 0.3 is 5.97 Å². The molecule has 25 heavy (non-hydrogen) atoms. The Bertz CT molecular complexity index is 839. The molecule has 0 amide bonds. The number of Topliss-reactive ketones (excluding diaryl/α,β-unsaturated/α-hetero) is 1. The highest BCUT2D eigenvalue weighted by Gasteiger charge is 2.41. The molecule has 1 aromatic rings. The Labute approximate surface area is 143 Å². The van der Waals surface area contributed by atoms with Crippen molar-refractivity contribution in [2.24, 2.45) is 5.73 Å². The molecule has 0 bridgehead atoms. The molecule has 0 fully saturated rings. The van der Waals surface area contributed by atoms with E-state index in [0.717, 1.165) is 0 Å². The lowest BCUT2D eigenvalue weighted by atomic mass is 9.77. The molecule has 1 aliphatic heterocycles.